The Morgan fingerprint density at radius 1 is 1.53 bits per heavy atom. The Bertz CT molecular complexity index is 419. The second-order valence-electron chi connectivity index (χ2n) is 5.79. The van der Waals surface area contributed by atoms with Gasteiger partial charge in [0.25, 0.3) is 0 Å². The molecule has 1 aromatic rings. The molecule has 0 amide bonds. The van der Waals surface area contributed by atoms with Crippen LogP contribution in [0.25, 0.3) is 0 Å². The summed E-state index contributed by atoms with van der Waals surface area (Å²) in [5.74, 6) is 0.370. The van der Waals surface area contributed by atoms with Crippen molar-refractivity contribution in [2.24, 2.45) is 0 Å². The van der Waals surface area contributed by atoms with Gasteiger partial charge in [-0.15, -0.1) is 0 Å². The summed E-state index contributed by atoms with van der Waals surface area (Å²) in [5.41, 5.74) is 1.05. The summed E-state index contributed by atoms with van der Waals surface area (Å²) in [7, 11) is 4.31. The lowest BCUT2D eigenvalue weighted by molar-refractivity contribution is 0.248. The minimum Gasteiger partial charge on any atom is -0.391 e. The molecule has 0 bridgehead atoms. The zero-order chi connectivity index (χ0) is 14.0. The number of aliphatic hydroxyl groups is 1. The maximum Gasteiger partial charge on any atom is 0.185 e. The third-order valence-electron chi connectivity index (χ3n) is 3.86. The van der Waals surface area contributed by atoms with E-state index in [9.17, 15) is 5.11 Å². The van der Waals surface area contributed by atoms with Crippen LogP contribution in [0.2, 0.25) is 0 Å². The molecule has 2 heterocycles. The molecule has 0 spiro atoms. The van der Waals surface area contributed by atoms with E-state index in [2.05, 4.69) is 37.7 Å². The lowest BCUT2D eigenvalue weighted by atomic mass is 10.1. The summed E-state index contributed by atoms with van der Waals surface area (Å²) in [6.07, 6.45) is 2.48. The van der Waals surface area contributed by atoms with Crippen molar-refractivity contribution < 1.29 is 5.11 Å². The first kappa shape index (κ1) is 14.8. The number of hydrogen-bond donors (Lipinski definition) is 1. The van der Waals surface area contributed by atoms with E-state index in [1.165, 1.54) is 19.4 Å². The molecule has 1 atom stereocenters. The van der Waals surface area contributed by atoms with Crippen LogP contribution in [0.1, 0.15) is 43.2 Å². The van der Waals surface area contributed by atoms with Crippen molar-refractivity contribution in [3.05, 3.63) is 10.6 Å². The first-order chi connectivity index (χ1) is 9.02. The third kappa shape index (κ3) is 3.27. The molecule has 2 rings (SSSR count). The van der Waals surface area contributed by atoms with Crippen molar-refractivity contribution >= 4 is 16.5 Å². The van der Waals surface area contributed by atoms with Crippen LogP contribution in [-0.4, -0.2) is 48.2 Å². The van der Waals surface area contributed by atoms with Gasteiger partial charge in [0.15, 0.2) is 5.13 Å². The SMILES string of the molecule is CC(C)c1nc(N(C)C2CCCN(C)C2)sc1CO. The molecule has 19 heavy (non-hydrogen) atoms. The van der Waals surface area contributed by atoms with Crippen molar-refractivity contribution in [1.29, 1.82) is 0 Å². The van der Waals surface area contributed by atoms with Crippen molar-refractivity contribution in [3.8, 4) is 0 Å². The second-order valence-corrected chi connectivity index (χ2v) is 6.85. The Balaban J connectivity index is 2.16. The fourth-order valence-electron chi connectivity index (χ4n) is 2.68. The molecule has 1 fully saturated rings. The Hall–Kier alpha value is -0.650. The Morgan fingerprint density at radius 2 is 2.26 bits per heavy atom. The van der Waals surface area contributed by atoms with Crippen LogP contribution in [0.5, 0.6) is 0 Å². The molecule has 0 aliphatic carbocycles. The Kier molecular flexibility index (Phi) is 4.81. The van der Waals surface area contributed by atoms with E-state index in [1.54, 1.807) is 11.3 Å². The van der Waals surface area contributed by atoms with Crippen LogP contribution in [0.3, 0.4) is 0 Å². The quantitative estimate of drug-likeness (QED) is 0.920. The predicted molar refractivity (Wildman–Crippen MR) is 81.0 cm³/mol. The second kappa shape index (κ2) is 6.20. The molecule has 1 aliphatic heterocycles. The van der Waals surface area contributed by atoms with Gasteiger partial charge in [-0.1, -0.05) is 25.2 Å². The smallest absolute Gasteiger partial charge is 0.185 e. The summed E-state index contributed by atoms with van der Waals surface area (Å²) in [5, 5.41) is 10.5. The van der Waals surface area contributed by atoms with Gasteiger partial charge in [0.2, 0.25) is 0 Å². The minimum atomic E-state index is 0.101. The molecule has 1 aromatic heterocycles. The topological polar surface area (TPSA) is 39.6 Å². The number of piperidine rings is 1. The van der Waals surface area contributed by atoms with Crippen LogP contribution >= 0.6 is 11.3 Å². The first-order valence-electron chi connectivity index (χ1n) is 7.04. The van der Waals surface area contributed by atoms with E-state index in [0.717, 1.165) is 22.2 Å². The summed E-state index contributed by atoms with van der Waals surface area (Å²) >= 11 is 1.64. The van der Waals surface area contributed by atoms with Gasteiger partial charge in [-0.25, -0.2) is 4.98 Å². The monoisotopic (exact) mass is 283 g/mol. The fourth-order valence-corrected chi connectivity index (χ4v) is 3.79. The van der Waals surface area contributed by atoms with E-state index >= 15 is 0 Å². The molecule has 1 unspecified atom stereocenters. The summed E-state index contributed by atoms with van der Waals surface area (Å²) < 4.78 is 0. The minimum absolute atomic E-state index is 0.101. The normalized spacial score (nSPS) is 21.1. The van der Waals surface area contributed by atoms with Gasteiger partial charge >= 0.3 is 0 Å². The van der Waals surface area contributed by atoms with Crippen molar-refractivity contribution in [2.45, 2.75) is 45.3 Å². The largest absolute Gasteiger partial charge is 0.391 e. The number of likely N-dealkylation sites (tertiary alicyclic amines) is 1. The number of thiazole rings is 1. The van der Waals surface area contributed by atoms with E-state index in [-0.39, 0.29) is 6.61 Å². The van der Waals surface area contributed by atoms with E-state index in [4.69, 9.17) is 4.98 Å². The Morgan fingerprint density at radius 3 is 2.79 bits per heavy atom. The molecule has 0 radical (unpaired) electrons. The van der Waals surface area contributed by atoms with Crippen LogP contribution in [-0.2, 0) is 6.61 Å². The highest BCUT2D eigenvalue weighted by molar-refractivity contribution is 7.15. The molecule has 0 aromatic carbocycles. The fraction of sp³-hybridized carbons (Fsp3) is 0.786. The van der Waals surface area contributed by atoms with Crippen molar-refractivity contribution in [2.75, 3.05) is 32.1 Å². The lowest BCUT2D eigenvalue weighted by Crippen LogP contribution is -2.45. The zero-order valence-electron chi connectivity index (χ0n) is 12.4. The van der Waals surface area contributed by atoms with Gasteiger partial charge in [-0.05, 0) is 32.4 Å². The summed E-state index contributed by atoms with van der Waals surface area (Å²) in [6, 6.07) is 0.538. The molecule has 1 aliphatic rings. The van der Waals surface area contributed by atoms with Crippen LogP contribution in [0.15, 0.2) is 0 Å². The molecular weight excluding hydrogens is 258 g/mol. The molecule has 1 saturated heterocycles. The maximum atomic E-state index is 9.46. The molecule has 5 heteroatoms. The number of anilines is 1. The van der Waals surface area contributed by atoms with Crippen LogP contribution < -0.4 is 4.90 Å². The summed E-state index contributed by atoms with van der Waals surface area (Å²) in [6.45, 7) is 6.66. The maximum absolute atomic E-state index is 9.46. The number of hydrogen-bond acceptors (Lipinski definition) is 5. The van der Waals surface area contributed by atoms with E-state index < -0.39 is 0 Å². The highest BCUT2D eigenvalue weighted by Gasteiger charge is 2.24. The van der Waals surface area contributed by atoms with Gasteiger partial charge in [0, 0.05) is 19.6 Å². The molecule has 0 saturated carbocycles. The van der Waals surface area contributed by atoms with Gasteiger partial charge < -0.3 is 14.9 Å². The van der Waals surface area contributed by atoms with Crippen LogP contribution in [0.4, 0.5) is 5.13 Å². The third-order valence-corrected chi connectivity index (χ3v) is 5.00. The van der Waals surface area contributed by atoms with Gasteiger partial charge in [-0.2, -0.15) is 0 Å². The van der Waals surface area contributed by atoms with Gasteiger partial charge in [0.1, 0.15) is 0 Å². The molecule has 1 N–H and O–H groups in total. The first-order valence-corrected chi connectivity index (χ1v) is 7.86. The highest BCUT2D eigenvalue weighted by atomic mass is 32.1. The number of likely N-dealkylation sites (N-methyl/N-ethyl adjacent to an activating group) is 2. The van der Waals surface area contributed by atoms with Gasteiger partial charge in [-0.3, -0.25) is 0 Å². The Labute approximate surface area is 120 Å². The number of aliphatic hydroxyl groups excluding tert-OH is 1. The standard InChI is InChI=1S/C14H25N3OS/c1-10(2)13-12(9-18)19-14(15-13)17(4)11-6-5-7-16(3)8-11/h10-11,18H,5-9H2,1-4H3. The number of aromatic nitrogens is 1. The average Bonchev–Trinajstić information content (AvgIpc) is 2.82. The van der Waals surface area contributed by atoms with Crippen molar-refractivity contribution in [1.82, 2.24) is 9.88 Å². The molecule has 108 valence electrons. The van der Waals surface area contributed by atoms with E-state index in [1.807, 2.05) is 0 Å². The highest BCUT2D eigenvalue weighted by Crippen LogP contribution is 2.32. The molecule has 4 nitrogen and oxygen atoms in total. The van der Waals surface area contributed by atoms with Gasteiger partial charge in [0.05, 0.1) is 17.2 Å². The molecular formula is C14H25N3OS. The zero-order valence-corrected chi connectivity index (χ0v) is 13.2. The van der Waals surface area contributed by atoms with E-state index in [0.29, 0.717) is 12.0 Å². The number of rotatable bonds is 4. The number of nitrogens with zero attached hydrogens (tertiary/aromatic N) is 3. The predicted octanol–water partition coefficient (Wildman–Crippen LogP) is 2.29. The lowest BCUT2D eigenvalue weighted by Gasteiger charge is -2.35. The average molecular weight is 283 g/mol. The summed E-state index contributed by atoms with van der Waals surface area (Å²) in [4.78, 5) is 10.4. The van der Waals surface area contributed by atoms with Crippen LogP contribution in [0, 0.1) is 0 Å². The van der Waals surface area contributed by atoms with Crippen molar-refractivity contribution in [3.63, 3.8) is 0 Å².